The van der Waals surface area contributed by atoms with Gasteiger partial charge in [-0.1, -0.05) is 0 Å². The van der Waals surface area contributed by atoms with Crippen molar-refractivity contribution in [3.63, 3.8) is 0 Å². The van der Waals surface area contributed by atoms with Gasteiger partial charge in [-0.3, -0.25) is 9.78 Å². The van der Waals surface area contributed by atoms with E-state index in [1.54, 1.807) is 18.3 Å². The average molecular weight is 204 g/mol. The summed E-state index contributed by atoms with van der Waals surface area (Å²) in [4.78, 5) is 29.0. The lowest BCUT2D eigenvalue weighted by atomic mass is 10.2. The van der Waals surface area contributed by atoms with Gasteiger partial charge in [-0.15, -0.1) is 0 Å². The van der Waals surface area contributed by atoms with Gasteiger partial charge in [0.15, 0.2) is 6.29 Å². The van der Waals surface area contributed by atoms with E-state index in [-0.39, 0.29) is 11.3 Å². The van der Waals surface area contributed by atoms with Gasteiger partial charge in [0.1, 0.15) is 11.1 Å². The van der Waals surface area contributed by atoms with Gasteiger partial charge in [0.05, 0.1) is 18.3 Å². The Morgan fingerprint density at radius 1 is 1.60 bits per heavy atom. The lowest BCUT2D eigenvalue weighted by molar-refractivity contribution is 0.0600. The molecule has 0 aliphatic heterocycles. The minimum absolute atomic E-state index is 0.183. The van der Waals surface area contributed by atoms with Crippen molar-refractivity contribution in [1.82, 2.24) is 9.97 Å². The number of carbonyl (C=O) groups excluding carboxylic acids is 2. The molecule has 0 spiro atoms. The van der Waals surface area contributed by atoms with E-state index >= 15 is 0 Å². The summed E-state index contributed by atoms with van der Waals surface area (Å²) in [5, 5.41) is 0. The molecule has 1 N–H and O–H groups in total. The Morgan fingerprint density at radius 2 is 2.40 bits per heavy atom. The molecule has 0 aliphatic rings. The topological polar surface area (TPSA) is 72.1 Å². The number of aldehydes is 1. The first-order chi connectivity index (χ1) is 7.27. The van der Waals surface area contributed by atoms with Crippen LogP contribution in [0.4, 0.5) is 0 Å². The van der Waals surface area contributed by atoms with Gasteiger partial charge in [0, 0.05) is 6.20 Å². The van der Waals surface area contributed by atoms with Crippen molar-refractivity contribution in [3.05, 3.63) is 29.6 Å². The second-order valence-corrected chi connectivity index (χ2v) is 2.92. The zero-order valence-corrected chi connectivity index (χ0v) is 7.98. The fourth-order valence-corrected chi connectivity index (χ4v) is 1.44. The number of nitrogens with zero attached hydrogens (tertiary/aromatic N) is 1. The van der Waals surface area contributed by atoms with Gasteiger partial charge in [-0.05, 0) is 12.1 Å². The highest BCUT2D eigenvalue weighted by Crippen LogP contribution is 2.19. The molecule has 0 saturated carbocycles. The number of methoxy groups -OCH3 is 1. The van der Waals surface area contributed by atoms with Crippen LogP contribution in [-0.2, 0) is 4.74 Å². The summed E-state index contributed by atoms with van der Waals surface area (Å²) in [6.07, 6.45) is 2.13. The van der Waals surface area contributed by atoms with Crippen molar-refractivity contribution >= 4 is 23.3 Å². The number of aromatic amines is 1. The third-order valence-corrected chi connectivity index (χ3v) is 2.09. The fraction of sp³-hybridized carbons (Fsp3) is 0.100. The number of fused-ring (bicyclic) bond motifs is 1. The van der Waals surface area contributed by atoms with Crippen molar-refractivity contribution in [2.75, 3.05) is 7.11 Å². The third-order valence-electron chi connectivity index (χ3n) is 2.09. The van der Waals surface area contributed by atoms with Gasteiger partial charge < -0.3 is 9.72 Å². The highest BCUT2D eigenvalue weighted by Gasteiger charge is 2.19. The Bertz CT molecular complexity index is 530. The van der Waals surface area contributed by atoms with Crippen LogP contribution in [0.5, 0.6) is 0 Å². The molecule has 0 aliphatic carbocycles. The Hall–Kier alpha value is -2.17. The Morgan fingerprint density at radius 3 is 3.07 bits per heavy atom. The monoisotopic (exact) mass is 204 g/mol. The zero-order chi connectivity index (χ0) is 10.8. The highest BCUT2D eigenvalue weighted by atomic mass is 16.5. The predicted molar refractivity (Wildman–Crippen MR) is 52.8 cm³/mol. The zero-order valence-electron chi connectivity index (χ0n) is 7.98. The van der Waals surface area contributed by atoms with Gasteiger partial charge in [0.25, 0.3) is 0 Å². The lowest BCUT2D eigenvalue weighted by Gasteiger charge is -1.96. The summed E-state index contributed by atoms with van der Waals surface area (Å²) in [6, 6.07) is 3.45. The Labute approximate surface area is 85.1 Å². The van der Waals surface area contributed by atoms with Crippen LogP contribution in [0.3, 0.4) is 0 Å². The molecule has 76 valence electrons. The number of carbonyl (C=O) groups is 2. The van der Waals surface area contributed by atoms with E-state index in [1.807, 2.05) is 0 Å². The summed E-state index contributed by atoms with van der Waals surface area (Å²) in [6.45, 7) is 0. The summed E-state index contributed by atoms with van der Waals surface area (Å²) in [5.41, 5.74) is 1.46. The molecule has 0 aromatic carbocycles. The smallest absolute Gasteiger partial charge is 0.342 e. The number of aromatic nitrogens is 2. The van der Waals surface area contributed by atoms with Crippen LogP contribution in [0.25, 0.3) is 11.0 Å². The van der Waals surface area contributed by atoms with Gasteiger partial charge in [0.2, 0.25) is 0 Å². The molecule has 0 unspecified atom stereocenters. The fourth-order valence-electron chi connectivity index (χ4n) is 1.44. The molecule has 0 atom stereocenters. The maximum atomic E-state index is 11.4. The Kier molecular flexibility index (Phi) is 2.21. The first-order valence-corrected chi connectivity index (χ1v) is 4.28. The molecule has 2 aromatic rings. The second-order valence-electron chi connectivity index (χ2n) is 2.92. The minimum atomic E-state index is -0.568. The SMILES string of the molecule is COC(=O)c1c(C=O)[nH]c2cccnc12. The van der Waals surface area contributed by atoms with Crippen molar-refractivity contribution < 1.29 is 14.3 Å². The largest absolute Gasteiger partial charge is 0.465 e. The van der Waals surface area contributed by atoms with Gasteiger partial charge in [-0.25, -0.2) is 4.79 Å². The number of H-pyrrole nitrogens is 1. The van der Waals surface area contributed by atoms with E-state index in [9.17, 15) is 9.59 Å². The summed E-state index contributed by atoms with van der Waals surface area (Å²) < 4.78 is 4.59. The number of hydrogen-bond acceptors (Lipinski definition) is 4. The maximum Gasteiger partial charge on any atom is 0.342 e. The molecule has 2 aromatic heterocycles. The van der Waals surface area contributed by atoms with Crippen molar-refractivity contribution in [2.24, 2.45) is 0 Å². The van der Waals surface area contributed by atoms with E-state index in [0.717, 1.165) is 0 Å². The normalized spacial score (nSPS) is 10.2. The van der Waals surface area contributed by atoms with E-state index in [1.165, 1.54) is 7.11 Å². The maximum absolute atomic E-state index is 11.4. The van der Waals surface area contributed by atoms with Crippen molar-refractivity contribution in [1.29, 1.82) is 0 Å². The molecule has 2 heterocycles. The van der Waals surface area contributed by atoms with E-state index in [4.69, 9.17) is 0 Å². The van der Waals surface area contributed by atoms with Gasteiger partial charge >= 0.3 is 5.97 Å². The molecule has 0 saturated heterocycles. The minimum Gasteiger partial charge on any atom is -0.465 e. The van der Waals surface area contributed by atoms with E-state index < -0.39 is 5.97 Å². The molecule has 2 rings (SSSR count). The van der Waals surface area contributed by atoms with Crippen LogP contribution in [-0.4, -0.2) is 29.3 Å². The first kappa shape index (κ1) is 9.39. The van der Waals surface area contributed by atoms with Crippen LogP contribution >= 0.6 is 0 Å². The average Bonchev–Trinajstić information content (AvgIpc) is 2.66. The van der Waals surface area contributed by atoms with Crippen LogP contribution in [0, 0.1) is 0 Å². The molecular formula is C10H8N2O3. The number of ether oxygens (including phenoxy) is 1. The van der Waals surface area contributed by atoms with E-state index in [2.05, 4.69) is 14.7 Å². The predicted octanol–water partition coefficient (Wildman–Crippen LogP) is 1.16. The molecule has 0 amide bonds. The van der Waals surface area contributed by atoms with Crippen LogP contribution in [0.1, 0.15) is 20.8 Å². The highest BCUT2D eigenvalue weighted by molar-refractivity contribution is 6.08. The second kappa shape index (κ2) is 3.53. The number of nitrogens with one attached hydrogen (secondary N) is 1. The lowest BCUT2D eigenvalue weighted by Crippen LogP contribution is -2.04. The molecule has 0 bridgehead atoms. The summed E-state index contributed by atoms with van der Waals surface area (Å²) >= 11 is 0. The number of pyridine rings is 1. The first-order valence-electron chi connectivity index (χ1n) is 4.28. The Balaban J connectivity index is 2.78. The van der Waals surface area contributed by atoms with Crippen LogP contribution < -0.4 is 0 Å². The molecule has 0 radical (unpaired) electrons. The van der Waals surface area contributed by atoms with E-state index in [0.29, 0.717) is 17.3 Å². The van der Waals surface area contributed by atoms with Crippen LogP contribution in [0.15, 0.2) is 18.3 Å². The van der Waals surface area contributed by atoms with Crippen molar-refractivity contribution in [3.8, 4) is 0 Å². The molecule has 5 nitrogen and oxygen atoms in total. The number of hydrogen-bond donors (Lipinski definition) is 1. The molecule has 5 heteroatoms. The quantitative estimate of drug-likeness (QED) is 0.588. The summed E-state index contributed by atoms with van der Waals surface area (Å²) in [5.74, 6) is -0.568. The molecule has 15 heavy (non-hydrogen) atoms. The van der Waals surface area contributed by atoms with Crippen molar-refractivity contribution in [2.45, 2.75) is 0 Å². The molecular weight excluding hydrogens is 196 g/mol. The number of rotatable bonds is 2. The van der Waals surface area contributed by atoms with Crippen LogP contribution in [0.2, 0.25) is 0 Å². The standard InChI is InChI=1S/C10H8N2O3/c1-15-10(14)8-7(5-13)12-6-3-2-4-11-9(6)8/h2-5,12H,1H3. The van der Waals surface area contributed by atoms with Gasteiger partial charge in [-0.2, -0.15) is 0 Å². The molecule has 0 fully saturated rings. The summed E-state index contributed by atoms with van der Waals surface area (Å²) in [7, 11) is 1.26. The number of esters is 1. The third kappa shape index (κ3) is 1.38.